The quantitative estimate of drug-likeness (QED) is 0.705. The van der Waals surface area contributed by atoms with Gasteiger partial charge in [-0.3, -0.25) is 0 Å². The number of anilines is 1. The second-order valence-corrected chi connectivity index (χ2v) is 8.44. The Kier molecular flexibility index (Phi) is 7.22. The van der Waals surface area contributed by atoms with E-state index >= 15 is 0 Å². The second kappa shape index (κ2) is 9.64. The van der Waals surface area contributed by atoms with Crippen molar-refractivity contribution in [2.75, 3.05) is 18.4 Å². The number of hydrogen-bond acceptors (Lipinski definition) is 3. The predicted molar refractivity (Wildman–Crippen MR) is 113 cm³/mol. The molecule has 28 heavy (non-hydrogen) atoms. The minimum atomic E-state index is -0.631. The van der Waals surface area contributed by atoms with Crippen LogP contribution in [0.15, 0.2) is 24.3 Å². The Morgan fingerprint density at radius 2 is 1.89 bits per heavy atom. The van der Waals surface area contributed by atoms with Crippen LogP contribution in [-0.2, 0) is 0 Å². The van der Waals surface area contributed by atoms with Gasteiger partial charge < -0.3 is 20.1 Å². The number of likely N-dealkylation sites (tertiary alicyclic amines) is 1. The van der Waals surface area contributed by atoms with E-state index in [2.05, 4.69) is 19.2 Å². The van der Waals surface area contributed by atoms with E-state index in [9.17, 15) is 9.90 Å². The van der Waals surface area contributed by atoms with Crippen LogP contribution in [0.2, 0.25) is 0 Å². The van der Waals surface area contributed by atoms with E-state index in [-0.39, 0.29) is 6.03 Å². The zero-order valence-corrected chi connectivity index (χ0v) is 17.5. The van der Waals surface area contributed by atoms with Crippen molar-refractivity contribution in [1.29, 1.82) is 0 Å². The van der Waals surface area contributed by atoms with Crippen LogP contribution < -0.4 is 10.1 Å². The molecule has 5 nitrogen and oxygen atoms in total. The fraction of sp³-hybridized carbons (Fsp3) is 0.696. The van der Waals surface area contributed by atoms with E-state index in [0.717, 1.165) is 37.1 Å². The molecule has 2 aliphatic rings. The van der Waals surface area contributed by atoms with E-state index < -0.39 is 5.60 Å². The highest BCUT2D eigenvalue weighted by Crippen LogP contribution is 2.34. The highest BCUT2D eigenvalue weighted by Gasteiger charge is 2.38. The standard InChI is InChI=1S/C23H36N2O3/c1-3-18(4-2)23(27)13-15-25(16-14-23)22(26)24-19-9-8-12-21(17-19)28-20-10-6-5-7-11-20/h8-9,12,17-18,20,27H,3-7,10-11,13-16H2,1-2H3,(H,24,26). The lowest BCUT2D eigenvalue weighted by molar-refractivity contribution is -0.0619. The molecule has 2 amide bonds. The molecule has 5 heteroatoms. The number of nitrogens with zero attached hydrogens (tertiary/aromatic N) is 1. The molecule has 2 fully saturated rings. The summed E-state index contributed by atoms with van der Waals surface area (Å²) in [5.74, 6) is 1.14. The largest absolute Gasteiger partial charge is 0.490 e. The molecule has 1 aliphatic heterocycles. The molecular formula is C23H36N2O3. The van der Waals surface area contributed by atoms with Gasteiger partial charge in [0.05, 0.1) is 11.7 Å². The Hall–Kier alpha value is -1.75. The Bertz CT molecular complexity index is 630. The summed E-state index contributed by atoms with van der Waals surface area (Å²) in [6, 6.07) is 7.60. The molecule has 1 heterocycles. The van der Waals surface area contributed by atoms with Gasteiger partial charge in [-0.25, -0.2) is 4.79 Å². The number of rotatable bonds is 6. The molecule has 2 N–H and O–H groups in total. The first kappa shape index (κ1) is 21.0. The lowest BCUT2D eigenvalue weighted by Crippen LogP contribution is -2.51. The van der Waals surface area contributed by atoms with Crippen LogP contribution in [0.1, 0.15) is 71.6 Å². The summed E-state index contributed by atoms with van der Waals surface area (Å²) < 4.78 is 6.10. The molecule has 1 aliphatic carbocycles. The Labute approximate surface area is 169 Å². The molecule has 0 spiro atoms. The fourth-order valence-electron chi connectivity index (χ4n) is 4.78. The molecular weight excluding hydrogens is 352 g/mol. The van der Waals surface area contributed by atoms with Crippen LogP contribution in [-0.4, -0.2) is 40.8 Å². The molecule has 156 valence electrons. The van der Waals surface area contributed by atoms with E-state index in [1.54, 1.807) is 0 Å². The number of urea groups is 1. The lowest BCUT2D eigenvalue weighted by atomic mass is 9.77. The van der Waals surface area contributed by atoms with Crippen molar-refractivity contribution in [3.63, 3.8) is 0 Å². The van der Waals surface area contributed by atoms with Crippen molar-refractivity contribution >= 4 is 11.7 Å². The molecule has 0 aromatic heterocycles. The van der Waals surface area contributed by atoms with Crippen LogP contribution >= 0.6 is 0 Å². The average Bonchev–Trinajstić information content (AvgIpc) is 2.70. The Morgan fingerprint density at radius 3 is 2.54 bits per heavy atom. The van der Waals surface area contributed by atoms with Crippen LogP contribution in [0, 0.1) is 5.92 Å². The van der Waals surface area contributed by atoms with Gasteiger partial charge in [-0.1, -0.05) is 39.2 Å². The summed E-state index contributed by atoms with van der Waals surface area (Å²) in [5.41, 5.74) is 0.132. The van der Waals surface area contributed by atoms with Crippen LogP contribution in [0.3, 0.4) is 0 Å². The molecule has 0 unspecified atom stereocenters. The number of carbonyl (C=O) groups is 1. The highest BCUT2D eigenvalue weighted by atomic mass is 16.5. The zero-order chi connectivity index (χ0) is 20.0. The zero-order valence-electron chi connectivity index (χ0n) is 17.5. The van der Waals surface area contributed by atoms with Crippen molar-refractivity contribution < 1.29 is 14.6 Å². The Morgan fingerprint density at radius 1 is 1.21 bits per heavy atom. The van der Waals surface area contributed by atoms with Gasteiger partial charge in [0, 0.05) is 24.8 Å². The van der Waals surface area contributed by atoms with Gasteiger partial charge in [0.1, 0.15) is 5.75 Å². The third-order valence-corrected chi connectivity index (χ3v) is 6.60. The normalized spacial score (nSPS) is 20.2. The number of nitrogens with one attached hydrogen (secondary N) is 1. The Balaban J connectivity index is 1.53. The van der Waals surface area contributed by atoms with Crippen molar-refractivity contribution in [3.8, 4) is 5.75 Å². The number of benzene rings is 1. The maximum absolute atomic E-state index is 12.7. The highest BCUT2D eigenvalue weighted by molar-refractivity contribution is 5.89. The third kappa shape index (κ3) is 5.19. The molecule has 0 bridgehead atoms. The first-order valence-electron chi connectivity index (χ1n) is 11.1. The molecule has 0 atom stereocenters. The third-order valence-electron chi connectivity index (χ3n) is 6.60. The van der Waals surface area contributed by atoms with E-state index in [4.69, 9.17) is 4.74 Å². The summed E-state index contributed by atoms with van der Waals surface area (Å²) in [6.07, 6.45) is 9.56. The summed E-state index contributed by atoms with van der Waals surface area (Å²) in [6.45, 7) is 5.45. The summed E-state index contributed by atoms with van der Waals surface area (Å²) in [4.78, 5) is 14.5. The van der Waals surface area contributed by atoms with Gasteiger partial charge in [-0.15, -0.1) is 0 Å². The van der Waals surface area contributed by atoms with Crippen molar-refractivity contribution in [2.24, 2.45) is 5.92 Å². The van der Waals surface area contributed by atoms with Gasteiger partial charge in [0.25, 0.3) is 0 Å². The van der Waals surface area contributed by atoms with E-state index in [1.807, 2.05) is 29.2 Å². The number of hydrogen-bond donors (Lipinski definition) is 2. The fourth-order valence-corrected chi connectivity index (χ4v) is 4.78. The smallest absolute Gasteiger partial charge is 0.321 e. The van der Waals surface area contributed by atoms with Crippen molar-refractivity contribution in [3.05, 3.63) is 24.3 Å². The molecule has 1 saturated heterocycles. The number of piperidine rings is 1. The minimum absolute atomic E-state index is 0.0959. The van der Waals surface area contributed by atoms with Gasteiger partial charge in [-0.05, 0) is 56.6 Å². The number of amides is 2. The summed E-state index contributed by atoms with van der Waals surface area (Å²) >= 11 is 0. The predicted octanol–water partition coefficient (Wildman–Crippen LogP) is 5.19. The summed E-state index contributed by atoms with van der Waals surface area (Å²) in [5, 5.41) is 13.9. The van der Waals surface area contributed by atoms with Crippen LogP contribution in [0.4, 0.5) is 10.5 Å². The van der Waals surface area contributed by atoms with Crippen LogP contribution in [0.25, 0.3) is 0 Å². The van der Waals surface area contributed by atoms with Gasteiger partial charge in [0.15, 0.2) is 0 Å². The summed E-state index contributed by atoms with van der Waals surface area (Å²) in [7, 11) is 0. The maximum Gasteiger partial charge on any atom is 0.321 e. The monoisotopic (exact) mass is 388 g/mol. The minimum Gasteiger partial charge on any atom is -0.490 e. The number of ether oxygens (including phenoxy) is 1. The van der Waals surface area contributed by atoms with Crippen LogP contribution in [0.5, 0.6) is 5.75 Å². The SMILES string of the molecule is CCC(CC)C1(O)CCN(C(=O)Nc2cccc(OC3CCCCC3)c2)CC1. The van der Waals surface area contributed by atoms with Crippen molar-refractivity contribution in [1.82, 2.24) is 4.90 Å². The van der Waals surface area contributed by atoms with E-state index in [0.29, 0.717) is 38.0 Å². The number of carbonyl (C=O) groups excluding carboxylic acids is 1. The van der Waals surface area contributed by atoms with Crippen molar-refractivity contribution in [2.45, 2.75) is 83.3 Å². The van der Waals surface area contributed by atoms with E-state index in [1.165, 1.54) is 19.3 Å². The number of aliphatic hydroxyl groups is 1. The van der Waals surface area contributed by atoms with Gasteiger partial charge in [0.2, 0.25) is 0 Å². The molecule has 1 aromatic rings. The average molecular weight is 389 g/mol. The molecule has 1 saturated carbocycles. The first-order valence-corrected chi connectivity index (χ1v) is 11.1. The lowest BCUT2D eigenvalue weighted by Gasteiger charge is -2.42. The van der Waals surface area contributed by atoms with Gasteiger partial charge >= 0.3 is 6.03 Å². The second-order valence-electron chi connectivity index (χ2n) is 8.44. The molecule has 0 radical (unpaired) electrons. The van der Waals surface area contributed by atoms with Gasteiger partial charge in [-0.2, -0.15) is 0 Å². The topological polar surface area (TPSA) is 61.8 Å². The first-order chi connectivity index (χ1) is 13.5. The molecule has 1 aromatic carbocycles. The maximum atomic E-state index is 12.7. The molecule has 3 rings (SSSR count).